The van der Waals surface area contributed by atoms with Gasteiger partial charge in [-0.1, -0.05) is 6.07 Å². The molecule has 1 aromatic rings. The molecule has 2 rings (SSSR count). The molecule has 1 aliphatic rings. The van der Waals surface area contributed by atoms with E-state index in [0.29, 0.717) is 24.3 Å². The average Bonchev–Trinajstić information content (AvgIpc) is 3.04. The van der Waals surface area contributed by atoms with Crippen molar-refractivity contribution >= 4 is 21.7 Å². The molecular formula is C19H27NO7S. The quantitative estimate of drug-likeness (QED) is 0.591. The molecule has 9 heteroatoms. The number of benzene rings is 1. The predicted molar refractivity (Wildman–Crippen MR) is 103 cm³/mol. The zero-order valence-electron chi connectivity index (χ0n) is 16.6. The molecule has 0 bridgehead atoms. The van der Waals surface area contributed by atoms with Gasteiger partial charge in [0.05, 0.1) is 25.7 Å². The number of hydrogen-bond donors (Lipinski definition) is 0. The van der Waals surface area contributed by atoms with Gasteiger partial charge in [-0.05, 0) is 37.5 Å². The summed E-state index contributed by atoms with van der Waals surface area (Å²) in [5.74, 6) is 0.309. The number of ether oxygens (including phenoxy) is 3. The van der Waals surface area contributed by atoms with Crippen LogP contribution in [0.3, 0.4) is 0 Å². The molecule has 156 valence electrons. The Balaban J connectivity index is 1.86. The summed E-state index contributed by atoms with van der Waals surface area (Å²) >= 11 is 0. The van der Waals surface area contributed by atoms with Gasteiger partial charge >= 0.3 is 5.97 Å². The van der Waals surface area contributed by atoms with Crippen molar-refractivity contribution in [3.05, 3.63) is 23.8 Å². The number of nitrogens with zero attached hydrogens (tertiary/aromatic N) is 1. The van der Waals surface area contributed by atoms with Crippen LogP contribution in [0, 0.1) is 0 Å². The first-order chi connectivity index (χ1) is 13.2. The molecule has 2 atom stereocenters. The average molecular weight is 413 g/mol. The van der Waals surface area contributed by atoms with E-state index in [9.17, 15) is 18.0 Å². The highest BCUT2D eigenvalue weighted by atomic mass is 32.2. The lowest BCUT2D eigenvalue weighted by Crippen LogP contribution is -2.44. The van der Waals surface area contributed by atoms with E-state index in [2.05, 4.69) is 0 Å². The molecule has 0 radical (unpaired) electrons. The topological polar surface area (TPSA) is 99.2 Å². The molecule has 0 aliphatic carbocycles. The van der Waals surface area contributed by atoms with Crippen LogP contribution in [0.1, 0.15) is 25.3 Å². The van der Waals surface area contributed by atoms with Gasteiger partial charge in [-0.2, -0.15) is 0 Å². The number of rotatable bonds is 8. The van der Waals surface area contributed by atoms with E-state index in [0.717, 1.165) is 5.56 Å². The van der Waals surface area contributed by atoms with Crippen molar-refractivity contribution in [1.82, 2.24) is 4.90 Å². The highest BCUT2D eigenvalue weighted by Gasteiger charge is 2.34. The van der Waals surface area contributed by atoms with Gasteiger partial charge in [0.25, 0.3) is 5.91 Å². The van der Waals surface area contributed by atoms with Crippen LogP contribution in [0.5, 0.6) is 11.5 Å². The van der Waals surface area contributed by atoms with E-state index in [1.54, 1.807) is 26.3 Å². The van der Waals surface area contributed by atoms with Crippen LogP contribution in [0.15, 0.2) is 18.2 Å². The van der Waals surface area contributed by atoms with Crippen LogP contribution >= 0.6 is 0 Å². The van der Waals surface area contributed by atoms with Gasteiger partial charge in [0, 0.05) is 19.5 Å². The van der Waals surface area contributed by atoms with E-state index in [1.807, 2.05) is 6.07 Å². The highest BCUT2D eigenvalue weighted by Crippen LogP contribution is 2.28. The summed E-state index contributed by atoms with van der Waals surface area (Å²) in [7, 11) is 1.53. The first-order valence-electron chi connectivity index (χ1n) is 9.04. The van der Waals surface area contributed by atoms with Gasteiger partial charge < -0.3 is 19.1 Å². The van der Waals surface area contributed by atoms with Crippen molar-refractivity contribution in [3.63, 3.8) is 0 Å². The van der Waals surface area contributed by atoms with Crippen LogP contribution in [0.2, 0.25) is 0 Å². The predicted octanol–water partition coefficient (Wildman–Crippen LogP) is 1.21. The maximum atomic E-state index is 12.4. The number of carbonyl (C=O) groups excluding carboxylic acids is 2. The van der Waals surface area contributed by atoms with Gasteiger partial charge in [-0.3, -0.25) is 9.59 Å². The molecule has 1 fully saturated rings. The minimum Gasteiger partial charge on any atom is -0.493 e. The van der Waals surface area contributed by atoms with Crippen LogP contribution in [0.4, 0.5) is 0 Å². The van der Waals surface area contributed by atoms with Crippen molar-refractivity contribution in [3.8, 4) is 11.5 Å². The number of sulfone groups is 1. The number of methoxy groups -OCH3 is 2. The first kappa shape index (κ1) is 22.0. The van der Waals surface area contributed by atoms with Crippen molar-refractivity contribution in [2.45, 2.75) is 38.3 Å². The zero-order valence-corrected chi connectivity index (χ0v) is 17.5. The molecule has 1 aliphatic heterocycles. The summed E-state index contributed by atoms with van der Waals surface area (Å²) < 4.78 is 38.8. The Morgan fingerprint density at radius 1 is 1.21 bits per heavy atom. The third-order valence-electron chi connectivity index (χ3n) is 4.83. The van der Waals surface area contributed by atoms with Crippen LogP contribution in [-0.4, -0.2) is 70.1 Å². The second-order valence-electron chi connectivity index (χ2n) is 6.83. The summed E-state index contributed by atoms with van der Waals surface area (Å²) in [6.07, 6.45) is -0.0260. The second kappa shape index (κ2) is 9.27. The summed E-state index contributed by atoms with van der Waals surface area (Å²) in [6.45, 7) is 1.50. The molecule has 1 amide bonds. The molecule has 0 saturated carbocycles. The Bertz CT molecular complexity index is 822. The molecule has 0 N–H and O–H groups in total. The monoisotopic (exact) mass is 413 g/mol. The van der Waals surface area contributed by atoms with Crippen LogP contribution in [0.25, 0.3) is 0 Å². The largest absolute Gasteiger partial charge is 0.493 e. The lowest BCUT2D eigenvalue weighted by Gasteiger charge is -2.26. The van der Waals surface area contributed by atoms with Crippen molar-refractivity contribution < 1.29 is 32.2 Å². The molecule has 1 heterocycles. The van der Waals surface area contributed by atoms with Gasteiger partial charge in [0.15, 0.2) is 27.4 Å². The Labute approximate surface area is 165 Å². The van der Waals surface area contributed by atoms with Crippen molar-refractivity contribution in [1.29, 1.82) is 0 Å². The van der Waals surface area contributed by atoms with Crippen molar-refractivity contribution in [2.75, 3.05) is 32.8 Å². The maximum Gasteiger partial charge on any atom is 0.306 e. The lowest BCUT2D eigenvalue weighted by atomic mass is 10.1. The Hall–Kier alpha value is -2.29. The van der Waals surface area contributed by atoms with Crippen molar-refractivity contribution in [2.24, 2.45) is 0 Å². The summed E-state index contributed by atoms with van der Waals surface area (Å²) in [4.78, 5) is 25.9. The van der Waals surface area contributed by atoms with Gasteiger partial charge in [0.2, 0.25) is 0 Å². The highest BCUT2D eigenvalue weighted by molar-refractivity contribution is 7.91. The number of hydrogen-bond acceptors (Lipinski definition) is 7. The number of likely N-dealkylation sites (N-methyl/N-ethyl adjacent to an activating group) is 1. The molecule has 0 spiro atoms. The van der Waals surface area contributed by atoms with Gasteiger partial charge in [0.1, 0.15) is 0 Å². The van der Waals surface area contributed by atoms with E-state index in [1.165, 1.54) is 18.9 Å². The number of amides is 1. The molecular weight excluding hydrogens is 386 g/mol. The minimum absolute atomic E-state index is 0.0464. The van der Waals surface area contributed by atoms with E-state index in [4.69, 9.17) is 14.2 Å². The number of carbonyl (C=O) groups is 2. The first-order valence-corrected chi connectivity index (χ1v) is 10.9. The molecule has 0 unspecified atom stereocenters. The summed E-state index contributed by atoms with van der Waals surface area (Å²) in [5, 5.41) is 0. The molecule has 28 heavy (non-hydrogen) atoms. The SMILES string of the molecule is COc1ccc(CCC(=O)O[C@@H](C)C(=O)N(C)[C@@H]2CCS(=O)(=O)C2)cc1OC. The smallest absolute Gasteiger partial charge is 0.306 e. The fraction of sp³-hybridized carbons (Fsp3) is 0.579. The fourth-order valence-corrected chi connectivity index (χ4v) is 4.91. The maximum absolute atomic E-state index is 12.4. The Kier molecular flexibility index (Phi) is 7.29. The second-order valence-corrected chi connectivity index (χ2v) is 9.06. The van der Waals surface area contributed by atoms with E-state index in [-0.39, 0.29) is 24.0 Å². The number of aryl methyl sites for hydroxylation is 1. The molecule has 0 aromatic heterocycles. The summed E-state index contributed by atoms with van der Waals surface area (Å²) in [6, 6.07) is 5.01. The Morgan fingerprint density at radius 3 is 2.46 bits per heavy atom. The van der Waals surface area contributed by atoms with E-state index >= 15 is 0 Å². The standard InChI is InChI=1S/C19H27NO7S/c1-13(19(22)20(2)15-9-10-28(23,24)12-15)27-18(21)8-6-14-5-7-16(25-3)17(11-14)26-4/h5,7,11,13,15H,6,8-10,12H2,1-4H3/t13-,15+/m0/s1. The molecule has 8 nitrogen and oxygen atoms in total. The third-order valence-corrected chi connectivity index (χ3v) is 6.58. The fourth-order valence-electron chi connectivity index (χ4n) is 3.14. The van der Waals surface area contributed by atoms with E-state index < -0.39 is 27.8 Å². The molecule has 1 aromatic carbocycles. The Morgan fingerprint density at radius 2 is 1.89 bits per heavy atom. The zero-order chi connectivity index (χ0) is 20.9. The van der Waals surface area contributed by atoms with Gasteiger partial charge in [-0.15, -0.1) is 0 Å². The number of esters is 1. The lowest BCUT2D eigenvalue weighted by molar-refractivity contribution is -0.159. The van der Waals surface area contributed by atoms with Crippen LogP contribution in [-0.2, 0) is 30.6 Å². The normalized spacial score (nSPS) is 18.9. The minimum atomic E-state index is -3.09. The molecule has 1 saturated heterocycles. The summed E-state index contributed by atoms with van der Waals surface area (Å²) in [5.41, 5.74) is 0.877. The van der Waals surface area contributed by atoms with Gasteiger partial charge in [-0.25, -0.2) is 8.42 Å². The van der Waals surface area contributed by atoms with Crippen LogP contribution < -0.4 is 9.47 Å². The third kappa shape index (κ3) is 5.60.